The van der Waals surface area contributed by atoms with Gasteiger partial charge in [0.2, 0.25) is 10.0 Å². The molecule has 0 bridgehead atoms. The molecule has 0 aromatic heterocycles. The number of fused-ring (bicyclic) bond motifs is 1. The first-order chi connectivity index (χ1) is 10.8. The molecule has 0 heterocycles. The summed E-state index contributed by atoms with van der Waals surface area (Å²) in [5.41, 5.74) is 2.32. The second-order valence-corrected chi connectivity index (χ2v) is 8.18. The van der Waals surface area contributed by atoms with E-state index < -0.39 is 22.0 Å². The second-order valence-electron chi connectivity index (χ2n) is 6.46. The molecule has 128 valence electrons. The topological polar surface area (TPSA) is 72.5 Å². The fourth-order valence-electron chi connectivity index (χ4n) is 2.94. The number of sulfonamides is 1. The Morgan fingerprint density at radius 3 is 2.48 bits per heavy atom. The molecule has 0 unspecified atom stereocenters. The van der Waals surface area contributed by atoms with Crippen molar-refractivity contribution in [3.63, 3.8) is 0 Å². The van der Waals surface area contributed by atoms with E-state index in [1.165, 1.54) is 12.7 Å². The Morgan fingerprint density at radius 2 is 1.87 bits per heavy atom. The largest absolute Gasteiger partial charge is 0.468 e. The summed E-state index contributed by atoms with van der Waals surface area (Å²) in [6, 6.07) is 4.39. The summed E-state index contributed by atoms with van der Waals surface area (Å²) in [6.07, 6.45) is 4.54. The van der Waals surface area contributed by atoms with E-state index in [2.05, 4.69) is 4.72 Å². The molecule has 0 saturated heterocycles. The molecule has 0 fully saturated rings. The minimum Gasteiger partial charge on any atom is -0.468 e. The van der Waals surface area contributed by atoms with Crippen molar-refractivity contribution in [3.8, 4) is 0 Å². The van der Waals surface area contributed by atoms with Gasteiger partial charge in [0.15, 0.2) is 0 Å². The summed E-state index contributed by atoms with van der Waals surface area (Å²) in [5, 5.41) is 0. The van der Waals surface area contributed by atoms with Gasteiger partial charge in [-0.25, -0.2) is 8.42 Å². The molecule has 0 amide bonds. The molecule has 0 aliphatic heterocycles. The van der Waals surface area contributed by atoms with Gasteiger partial charge >= 0.3 is 5.97 Å². The SMILES string of the molecule is COC(=O)[C@H](CC(C)C)NS(=O)(=O)c1ccc2c(c1)CCCC2. The first-order valence-electron chi connectivity index (χ1n) is 8.05. The molecule has 0 radical (unpaired) electrons. The van der Waals surface area contributed by atoms with Crippen molar-refractivity contribution in [3.05, 3.63) is 29.3 Å². The first-order valence-corrected chi connectivity index (χ1v) is 9.53. The lowest BCUT2D eigenvalue weighted by Crippen LogP contribution is -2.42. The van der Waals surface area contributed by atoms with Crippen molar-refractivity contribution in [2.75, 3.05) is 7.11 Å². The van der Waals surface area contributed by atoms with E-state index >= 15 is 0 Å². The van der Waals surface area contributed by atoms with Crippen LogP contribution >= 0.6 is 0 Å². The number of carbonyl (C=O) groups excluding carboxylic acids is 1. The van der Waals surface area contributed by atoms with Gasteiger partial charge in [0.05, 0.1) is 12.0 Å². The zero-order chi connectivity index (χ0) is 17.0. The van der Waals surface area contributed by atoms with Crippen molar-refractivity contribution < 1.29 is 17.9 Å². The van der Waals surface area contributed by atoms with Crippen LogP contribution in [0.3, 0.4) is 0 Å². The van der Waals surface area contributed by atoms with Crippen molar-refractivity contribution in [1.29, 1.82) is 0 Å². The fourth-order valence-corrected chi connectivity index (χ4v) is 4.19. The third-order valence-corrected chi connectivity index (χ3v) is 5.59. The van der Waals surface area contributed by atoms with Gasteiger partial charge in [-0.05, 0) is 61.3 Å². The van der Waals surface area contributed by atoms with Crippen LogP contribution in [-0.4, -0.2) is 27.5 Å². The quantitative estimate of drug-likeness (QED) is 0.808. The van der Waals surface area contributed by atoms with E-state index in [9.17, 15) is 13.2 Å². The molecule has 1 aliphatic carbocycles. The number of nitrogens with one attached hydrogen (secondary N) is 1. The Morgan fingerprint density at radius 1 is 1.22 bits per heavy atom. The van der Waals surface area contributed by atoms with Crippen molar-refractivity contribution in [2.45, 2.75) is 56.9 Å². The third kappa shape index (κ3) is 4.54. The van der Waals surface area contributed by atoms with E-state index in [1.807, 2.05) is 19.9 Å². The number of aryl methyl sites for hydroxylation is 2. The van der Waals surface area contributed by atoms with Crippen LogP contribution in [0.25, 0.3) is 0 Å². The van der Waals surface area contributed by atoms with Crippen LogP contribution in [0.5, 0.6) is 0 Å². The van der Waals surface area contributed by atoms with Crippen LogP contribution in [0.1, 0.15) is 44.2 Å². The van der Waals surface area contributed by atoms with Crippen LogP contribution in [0.2, 0.25) is 0 Å². The van der Waals surface area contributed by atoms with Crippen LogP contribution in [0, 0.1) is 5.92 Å². The lowest BCUT2D eigenvalue weighted by Gasteiger charge is -2.20. The van der Waals surface area contributed by atoms with E-state index in [-0.39, 0.29) is 10.8 Å². The average molecular weight is 339 g/mol. The summed E-state index contributed by atoms with van der Waals surface area (Å²) in [5.74, 6) is -0.384. The number of methoxy groups -OCH3 is 1. The maximum Gasteiger partial charge on any atom is 0.323 e. The highest BCUT2D eigenvalue weighted by Crippen LogP contribution is 2.24. The zero-order valence-corrected chi connectivity index (χ0v) is 14.8. The van der Waals surface area contributed by atoms with E-state index in [4.69, 9.17) is 4.74 Å². The van der Waals surface area contributed by atoms with Crippen LogP contribution in [0.15, 0.2) is 23.1 Å². The number of carbonyl (C=O) groups is 1. The van der Waals surface area contributed by atoms with Crippen molar-refractivity contribution in [1.82, 2.24) is 4.72 Å². The average Bonchev–Trinajstić information content (AvgIpc) is 2.52. The van der Waals surface area contributed by atoms with Gasteiger partial charge in [0, 0.05) is 0 Å². The Labute approximate surface area is 138 Å². The lowest BCUT2D eigenvalue weighted by atomic mass is 9.92. The van der Waals surface area contributed by atoms with Crippen molar-refractivity contribution in [2.24, 2.45) is 5.92 Å². The molecule has 6 heteroatoms. The standard InChI is InChI=1S/C17H25NO4S/c1-12(2)10-16(17(19)22-3)18-23(20,21)15-9-8-13-6-4-5-7-14(13)11-15/h8-9,11-12,16,18H,4-7,10H2,1-3H3/t16-/m0/s1. The van der Waals surface area contributed by atoms with Gasteiger partial charge in [-0.1, -0.05) is 19.9 Å². The second kappa shape index (κ2) is 7.45. The lowest BCUT2D eigenvalue weighted by molar-refractivity contribution is -0.143. The van der Waals surface area contributed by atoms with Crippen molar-refractivity contribution >= 4 is 16.0 Å². The van der Waals surface area contributed by atoms with Crippen LogP contribution in [-0.2, 0) is 32.4 Å². The van der Waals surface area contributed by atoms with Gasteiger partial charge in [0.25, 0.3) is 0 Å². The molecule has 1 atom stereocenters. The maximum absolute atomic E-state index is 12.6. The van der Waals surface area contributed by atoms with Crippen LogP contribution in [0.4, 0.5) is 0 Å². The number of esters is 1. The van der Waals surface area contributed by atoms with Gasteiger partial charge in [0.1, 0.15) is 6.04 Å². The summed E-state index contributed by atoms with van der Waals surface area (Å²) in [7, 11) is -2.48. The first kappa shape index (κ1) is 17.9. The Balaban J connectivity index is 2.24. The number of hydrogen-bond acceptors (Lipinski definition) is 4. The summed E-state index contributed by atoms with van der Waals surface area (Å²) in [6.45, 7) is 3.87. The Hall–Kier alpha value is -1.40. The molecule has 0 spiro atoms. The number of ether oxygens (including phenoxy) is 1. The molecule has 1 aromatic rings. The molecule has 2 rings (SSSR count). The fraction of sp³-hybridized carbons (Fsp3) is 0.588. The maximum atomic E-state index is 12.6. The van der Waals surface area contributed by atoms with E-state index in [0.29, 0.717) is 6.42 Å². The highest BCUT2D eigenvalue weighted by molar-refractivity contribution is 7.89. The summed E-state index contributed by atoms with van der Waals surface area (Å²) >= 11 is 0. The number of hydrogen-bond donors (Lipinski definition) is 1. The third-order valence-electron chi connectivity index (χ3n) is 4.12. The highest BCUT2D eigenvalue weighted by atomic mass is 32.2. The summed E-state index contributed by atoms with van der Waals surface area (Å²) in [4.78, 5) is 12.1. The Bertz CT molecular complexity index is 667. The molecule has 5 nitrogen and oxygen atoms in total. The Kier molecular flexibility index (Phi) is 5.81. The predicted molar refractivity (Wildman–Crippen MR) is 88.7 cm³/mol. The molecule has 1 aliphatic rings. The van der Waals surface area contributed by atoms with E-state index in [1.54, 1.807) is 12.1 Å². The molecular formula is C17H25NO4S. The predicted octanol–water partition coefficient (Wildman–Crippen LogP) is 2.43. The molecule has 1 aromatic carbocycles. The van der Waals surface area contributed by atoms with Gasteiger partial charge in [-0.2, -0.15) is 4.72 Å². The van der Waals surface area contributed by atoms with Crippen LogP contribution < -0.4 is 4.72 Å². The normalized spacial score (nSPS) is 16.0. The van der Waals surface area contributed by atoms with Gasteiger partial charge in [-0.15, -0.1) is 0 Å². The monoisotopic (exact) mass is 339 g/mol. The molecular weight excluding hydrogens is 314 g/mol. The number of benzene rings is 1. The van der Waals surface area contributed by atoms with Gasteiger partial charge in [-0.3, -0.25) is 4.79 Å². The molecule has 1 N–H and O–H groups in total. The summed E-state index contributed by atoms with van der Waals surface area (Å²) < 4.78 is 32.4. The number of rotatable bonds is 6. The smallest absolute Gasteiger partial charge is 0.323 e. The van der Waals surface area contributed by atoms with E-state index in [0.717, 1.165) is 31.2 Å². The molecule has 0 saturated carbocycles. The van der Waals surface area contributed by atoms with Gasteiger partial charge < -0.3 is 4.74 Å². The minimum absolute atomic E-state index is 0.172. The highest BCUT2D eigenvalue weighted by Gasteiger charge is 2.27. The zero-order valence-electron chi connectivity index (χ0n) is 14.0. The molecule has 23 heavy (non-hydrogen) atoms. The minimum atomic E-state index is -3.74.